The van der Waals surface area contributed by atoms with Crippen LogP contribution < -0.4 is 16.0 Å². The van der Waals surface area contributed by atoms with E-state index in [1.165, 1.54) is 0 Å². The second-order valence-corrected chi connectivity index (χ2v) is 5.37. The molecule has 1 aromatic rings. The third kappa shape index (κ3) is 5.97. The summed E-state index contributed by atoms with van der Waals surface area (Å²) in [4.78, 5) is 25.8. The fraction of sp³-hybridized carbons (Fsp3) is 0.500. The number of carbonyl (C=O) groups excluding carboxylic acids is 2. The van der Waals surface area contributed by atoms with Gasteiger partial charge in [0, 0.05) is 37.4 Å². The van der Waals surface area contributed by atoms with Gasteiger partial charge in [0.05, 0.1) is 19.8 Å². The minimum Gasteiger partial charge on any atom is -0.379 e. The molecule has 1 aliphatic heterocycles. The number of ether oxygens (including phenoxy) is 1. The maximum absolute atomic E-state index is 12.1. The van der Waals surface area contributed by atoms with Crippen LogP contribution in [0.2, 0.25) is 0 Å². The van der Waals surface area contributed by atoms with Gasteiger partial charge in [0.1, 0.15) is 0 Å². The van der Waals surface area contributed by atoms with Crippen molar-refractivity contribution >= 4 is 17.5 Å². The zero-order valence-corrected chi connectivity index (χ0v) is 13.4. The number of anilines is 1. The molecule has 0 atom stereocenters. The van der Waals surface area contributed by atoms with Crippen LogP contribution in [0.4, 0.5) is 5.69 Å². The molecular weight excluding hydrogens is 296 g/mol. The van der Waals surface area contributed by atoms with Crippen molar-refractivity contribution in [2.45, 2.75) is 0 Å². The molecule has 2 rings (SSSR count). The highest BCUT2D eigenvalue weighted by Gasteiger charge is 2.11. The maximum Gasteiger partial charge on any atom is 0.251 e. The molecule has 0 spiro atoms. The Bertz CT molecular complexity index is 513. The van der Waals surface area contributed by atoms with Crippen LogP contribution in [0.1, 0.15) is 10.4 Å². The molecule has 0 aliphatic carbocycles. The van der Waals surface area contributed by atoms with E-state index in [0.29, 0.717) is 17.8 Å². The smallest absolute Gasteiger partial charge is 0.251 e. The molecule has 126 valence electrons. The number of benzene rings is 1. The van der Waals surface area contributed by atoms with Crippen LogP contribution in [0, 0.1) is 0 Å². The van der Waals surface area contributed by atoms with Crippen molar-refractivity contribution in [2.24, 2.45) is 0 Å². The summed E-state index contributed by atoms with van der Waals surface area (Å²) in [5.74, 6) is -0.221. The predicted molar refractivity (Wildman–Crippen MR) is 88.6 cm³/mol. The van der Waals surface area contributed by atoms with E-state index in [-0.39, 0.29) is 18.4 Å². The van der Waals surface area contributed by atoms with Crippen LogP contribution in [0.25, 0.3) is 0 Å². The number of nitrogens with zero attached hydrogens (tertiary/aromatic N) is 1. The van der Waals surface area contributed by atoms with Crippen LogP contribution in [0.3, 0.4) is 0 Å². The number of likely N-dealkylation sites (N-methyl/N-ethyl adjacent to an activating group) is 1. The van der Waals surface area contributed by atoms with Crippen molar-refractivity contribution in [3.8, 4) is 0 Å². The lowest BCUT2D eigenvalue weighted by molar-refractivity contribution is -0.115. The Labute approximate surface area is 136 Å². The van der Waals surface area contributed by atoms with E-state index in [1.807, 2.05) is 0 Å². The highest BCUT2D eigenvalue weighted by molar-refractivity contribution is 5.96. The lowest BCUT2D eigenvalue weighted by Gasteiger charge is -2.26. The van der Waals surface area contributed by atoms with Crippen LogP contribution in [0.15, 0.2) is 24.3 Å². The van der Waals surface area contributed by atoms with Gasteiger partial charge < -0.3 is 20.7 Å². The molecular formula is C16H24N4O3. The Kier molecular flexibility index (Phi) is 6.99. The Morgan fingerprint density at radius 2 is 1.87 bits per heavy atom. The quantitative estimate of drug-likeness (QED) is 0.654. The van der Waals surface area contributed by atoms with Crippen LogP contribution in [-0.2, 0) is 9.53 Å². The molecule has 1 aromatic carbocycles. The minimum atomic E-state index is -0.116. The van der Waals surface area contributed by atoms with Gasteiger partial charge >= 0.3 is 0 Å². The van der Waals surface area contributed by atoms with E-state index in [1.54, 1.807) is 31.3 Å². The van der Waals surface area contributed by atoms with E-state index in [9.17, 15) is 9.59 Å². The molecule has 3 N–H and O–H groups in total. The minimum absolute atomic E-state index is 0.105. The summed E-state index contributed by atoms with van der Waals surface area (Å²) in [6.45, 7) is 5.04. The van der Waals surface area contributed by atoms with Gasteiger partial charge in [0.15, 0.2) is 0 Å². The first-order valence-corrected chi connectivity index (χ1v) is 7.82. The Morgan fingerprint density at radius 1 is 1.17 bits per heavy atom. The summed E-state index contributed by atoms with van der Waals surface area (Å²) in [5.41, 5.74) is 1.26. The summed E-state index contributed by atoms with van der Waals surface area (Å²) in [5, 5.41) is 8.43. The van der Waals surface area contributed by atoms with Crippen molar-refractivity contribution in [3.63, 3.8) is 0 Å². The highest BCUT2D eigenvalue weighted by atomic mass is 16.5. The molecule has 0 aromatic heterocycles. The topological polar surface area (TPSA) is 82.7 Å². The lowest BCUT2D eigenvalue weighted by Crippen LogP contribution is -2.41. The van der Waals surface area contributed by atoms with Gasteiger partial charge in [-0.1, -0.05) is 0 Å². The van der Waals surface area contributed by atoms with Gasteiger partial charge in [-0.25, -0.2) is 0 Å². The van der Waals surface area contributed by atoms with E-state index < -0.39 is 0 Å². The zero-order chi connectivity index (χ0) is 16.5. The largest absolute Gasteiger partial charge is 0.379 e. The Balaban J connectivity index is 1.74. The van der Waals surface area contributed by atoms with Crippen molar-refractivity contribution < 1.29 is 14.3 Å². The second-order valence-electron chi connectivity index (χ2n) is 5.37. The molecule has 0 radical (unpaired) electrons. The van der Waals surface area contributed by atoms with Crippen molar-refractivity contribution in [1.29, 1.82) is 0 Å². The molecule has 0 unspecified atom stereocenters. The van der Waals surface area contributed by atoms with E-state index in [2.05, 4.69) is 20.9 Å². The van der Waals surface area contributed by atoms with Gasteiger partial charge in [-0.3, -0.25) is 14.5 Å². The standard InChI is InChI=1S/C16H24N4O3/c1-17-12-15(21)19-14-4-2-13(3-5-14)16(22)18-6-7-20-8-10-23-11-9-20/h2-5,17H,6-12H2,1H3,(H,18,22)(H,19,21). The number of nitrogens with one attached hydrogen (secondary N) is 3. The number of hydrogen-bond acceptors (Lipinski definition) is 5. The summed E-state index contributed by atoms with van der Waals surface area (Å²) >= 11 is 0. The van der Waals surface area contributed by atoms with E-state index in [0.717, 1.165) is 32.8 Å². The van der Waals surface area contributed by atoms with Crippen LogP contribution >= 0.6 is 0 Å². The number of rotatable bonds is 7. The summed E-state index contributed by atoms with van der Waals surface area (Å²) < 4.78 is 5.29. The molecule has 1 aliphatic rings. The average Bonchev–Trinajstić information content (AvgIpc) is 2.56. The van der Waals surface area contributed by atoms with Crippen LogP contribution in [-0.4, -0.2) is 69.7 Å². The first-order chi connectivity index (χ1) is 11.2. The number of hydrogen-bond donors (Lipinski definition) is 3. The van der Waals surface area contributed by atoms with Gasteiger partial charge in [0.25, 0.3) is 5.91 Å². The second kappa shape index (κ2) is 9.24. The molecule has 1 fully saturated rings. The average molecular weight is 320 g/mol. The SMILES string of the molecule is CNCC(=O)Nc1ccc(C(=O)NCCN2CCOCC2)cc1. The highest BCUT2D eigenvalue weighted by Crippen LogP contribution is 2.09. The third-order valence-corrected chi connectivity index (χ3v) is 3.59. The van der Waals surface area contributed by atoms with E-state index in [4.69, 9.17) is 4.74 Å². The van der Waals surface area contributed by atoms with Crippen LogP contribution in [0.5, 0.6) is 0 Å². The molecule has 1 saturated heterocycles. The third-order valence-electron chi connectivity index (χ3n) is 3.59. The molecule has 0 bridgehead atoms. The Hall–Kier alpha value is -1.96. The number of amides is 2. The zero-order valence-electron chi connectivity index (χ0n) is 13.4. The number of carbonyl (C=O) groups is 2. The maximum atomic E-state index is 12.1. The van der Waals surface area contributed by atoms with Gasteiger partial charge in [-0.2, -0.15) is 0 Å². The summed E-state index contributed by atoms with van der Waals surface area (Å²) in [6, 6.07) is 6.87. The van der Waals surface area contributed by atoms with Gasteiger partial charge in [0.2, 0.25) is 5.91 Å². The van der Waals surface area contributed by atoms with Crippen molar-refractivity contribution in [1.82, 2.24) is 15.5 Å². The molecule has 23 heavy (non-hydrogen) atoms. The van der Waals surface area contributed by atoms with Crippen molar-refractivity contribution in [2.75, 3.05) is 58.3 Å². The fourth-order valence-corrected chi connectivity index (χ4v) is 2.33. The summed E-state index contributed by atoms with van der Waals surface area (Å²) in [7, 11) is 1.71. The van der Waals surface area contributed by atoms with Gasteiger partial charge in [-0.05, 0) is 31.3 Å². The molecule has 2 amide bonds. The lowest BCUT2D eigenvalue weighted by atomic mass is 10.2. The van der Waals surface area contributed by atoms with Gasteiger partial charge in [-0.15, -0.1) is 0 Å². The van der Waals surface area contributed by atoms with Crippen molar-refractivity contribution in [3.05, 3.63) is 29.8 Å². The monoisotopic (exact) mass is 320 g/mol. The number of morpholine rings is 1. The molecule has 7 nitrogen and oxygen atoms in total. The molecule has 7 heteroatoms. The molecule has 0 saturated carbocycles. The first kappa shape index (κ1) is 17.4. The fourth-order valence-electron chi connectivity index (χ4n) is 2.33. The first-order valence-electron chi connectivity index (χ1n) is 7.82. The Morgan fingerprint density at radius 3 is 2.52 bits per heavy atom. The summed E-state index contributed by atoms with van der Waals surface area (Å²) in [6.07, 6.45) is 0. The normalized spacial score (nSPS) is 15.2. The predicted octanol–water partition coefficient (Wildman–Crippen LogP) is -0.0935. The molecule has 1 heterocycles. The van der Waals surface area contributed by atoms with E-state index >= 15 is 0 Å².